The van der Waals surface area contributed by atoms with Crippen LogP contribution in [0.15, 0.2) is 36.4 Å². The molecule has 0 radical (unpaired) electrons. The molecule has 0 aromatic heterocycles. The molecule has 7 heteroatoms. The third-order valence-electron chi connectivity index (χ3n) is 2.91. The van der Waals surface area contributed by atoms with E-state index in [1.54, 1.807) is 19.1 Å². The largest absolute Gasteiger partial charge is 0.507 e. The zero-order chi connectivity index (χ0) is 17.0. The van der Waals surface area contributed by atoms with Gasteiger partial charge in [-0.15, -0.1) is 0 Å². The third kappa shape index (κ3) is 4.61. The van der Waals surface area contributed by atoms with Gasteiger partial charge in [-0.05, 0) is 42.8 Å². The Morgan fingerprint density at radius 2 is 1.91 bits per heavy atom. The second-order valence-electron chi connectivity index (χ2n) is 4.77. The summed E-state index contributed by atoms with van der Waals surface area (Å²) in [6.07, 6.45) is 0. The van der Waals surface area contributed by atoms with Gasteiger partial charge in [-0.25, -0.2) is 4.79 Å². The summed E-state index contributed by atoms with van der Waals surface area (Å²) < 4.78 is 4.87. The standard InChI is InChI=1S/C16H13Cl2NO4/c1-9-2-4-11(14(20)6-9)16(22)23-8-15(21)19-13-7-10(17)3-5-12(13)18/h2-7,20H,8H2,1H3,(H,19,21). The molecule has 2 aromatic carbocycles. The van der Waals surface area contributed by atoms with Gasteiger partial charge >= 0.3 is 5.97 Å². The van der Waals surface area contributed by atoms with Crippen LogP contribution in [0.5, 0.6) is 5.75 Å². The molecule has 23 heavy (non-hydrogen) atoms. The molecule has 120 valence electrons. The van der Waals surface area contributed by atoms with Gasteiger partial charge in [0.05, 0.1) is 10.7 Å². The molecule has 0 saturated heterocycles. The lowest BCUT2D eigenvalue weighted by Gasteiger charge is -2.09. The summed E-state index contributed by atoms with van der Waals surface area (Å²) >= 11 is 11.7. The zero-order valence-corrected chi connectivity index (χ0v) is 13.6. The summed E-state index contributed by atoms with van der Waals surface area (Å²) in [7, 11) is 0. The number of nitrogens with one attached hydrogen (secondary N) is 1. The van der Waals surface area contributed by atoms with E-state index in [1.165, 1.54) is 24.3 Å². The molecule has 0 aliphatic carbocycles. The first-order valence-corrected chi connectivity index (χ1v) is 7.34. The highest BCUT2D eigenvalue weighted by molar-refractivity contribution is 6.35. The molecule has 0 atom stereocenters. The Hall–Kier alpha value is -2.24. The molecule has 0 unspecified atom stereocenters. The van der Waals surface area contributed by atoms with E-state index in [-0.39, 0.29) is 11.3 Å². The van der Waals surface area contributed by atoms with Gasteiger partial charge in [0, 0.05) is 5.02 Å². The fourth-order valence-corrected chi connectivity index (χ4v) is 2.14. The van der Waals surface area contributed by atoms with Crippen LogP contribution in [0.4, 0.5) is 5.69 Å². The van der Waals surface area contributed by atoms with Crippen LogP contribution in [-0.2, 0) is 9.53 Å². The zero-order valence-electron chi connectivity index (χ0n) is 12.1. The normalized spacial score (nSPS) is 10.2. The molecule has 1 amide bonds. The van der Waals surface area contributed by atoms with Crippen molar-refractivity contribution in [2.45, 2.75) is 6.92 Å². The maximum atomic E-state index is 11.8. The summed E-state index contributed by atoms with van der Waals surface area (Å²) in [4.78, 5) is 23.6. The highest BCUT2D eigenvalue weighted by atomic mass is 35.5. The van der Waals surface area contributed by atoms with Crippen LogP contribution < -0.4 is 5.32 Å². The number of carbonyl (C=O) groups is 2. The summed E-state index contributed by atoms with van der Waals surface area (Å²) in [6.45, 7) is 1.26. The second-order valence-corrected chi connectivity index (χ2v) is 5.61. The number of anilines is 1. The minimum Gasteiger partial charge on any atom is -0.507 e. The van der Waals surface area contributed by atoms with E-state index < -0.39 is 18.5 Å². The number of aromatic hydroxyl groups is 1. The molecule has 0 saturated carbocycles. The summed E-state index contributed by atoms with van der Waals surface area (Å²) in [6, 6.07) is 9.12. The Labute approximate surface area is 142 Å². The fraction of sp³-hybridized carbons (Fsp3) is 0.125. The van der Waals surface area contributed by atoms with Gasteiger partial charge in [0.2, 0.25) is 0 Å². The first-order valence-electron chi connectivity index (χ1n) is 6.58. The van der Waals surface area contributed by atoms with Crippen LogP contribution >= 0.6 is 23.2 Å². The predicted octanol–water partition coefficient (Wildman–Crippen LogP) is 3.80. The van der Waals surface area contributed by atoms with Gasteiger partial charge in [-0.3, -0.25) is 4.79 Å². The first-order chi connectivity index (χ1) is 10.9. The molecule has 2 N–H and O–H groups in total. The first kappa shape index (κ1) is 17.1. The van der Waals surface area contributed by atoms with Gasteiger partial charge in [-0.2, -0.15) is 0 Å². The quantitative estimate of drug-likeness (QED) is 0.819. The van der Waals surface area contributed by atoms with Crippen molar-refractivity contribution in [3.05, 3.63) is 57.6 Å². The third-order valence-corrected chi connectivity index (χ3v) is 3.47. The number of hydrogen-bond acceptors (Lipinski definition) is 4. The SMILES string of the molecule is Cc1ccc(C(=O)OCC(=O)Nc2cc(Cl)ccc2Cl)c(O)c1. The van der Waals surface area contributed by atoms with Crippen molar-refractivity contribution in [2.24, 2.45) is 0 Å². The Bertz CT molecular complexity index is 762. The minimum absolute atomic E-state index is 0.0100. The van der Waals surface area contributed by atoms with Crippen LogP contribution in [0, 0.1) is 6.92 Å². The van der Waals surface area contributed by atoms with E-state index in [0.717, 1.165) is 5.56 Å². The van der Waals surface area contributed by atoms with Gasteiger partial charge in [-0.1, -0.05) is 29.3 Å². The molecule has 2 rings (SSSR count). The molecule has 0 aliphatic rings. The van der Waals surface area contributed by atoms with Crippen molar-refractivity contribution < 1.29 is 19.4 Å². The fourth-order valence-electron chi connectivity index (χ4n) is 1.80. The monoisotopic (exact) mass is 353 g/mol. The molecule has 0 heterocycles. The molecule has 0 spiro atoms. The number of amides is 1. The lowest BCUT2D eigenvalue weighted by atomic mass is 10.1. The maximum absolute atomic E-state index is 11.8. The van der Waals surface area contributed by atoms with Crippen LogP contribution in [0.1, 0.15) is 15.9 Å². The van der Waals surface area contributed by atoms with Crippen molar-refractivity contribution in [1.82, 2.24) is 0 Å². The van der Waals surface area contributed by atoms with E-state index >= 15 is 0 Å². The number of phenolic OH excluding ortho intramolecular Hbond substituents is 1. The van der Waals surface area contributed by atoms with E-state index in [0.29, 0.717) is 15.7 Å². The number of hydrogen-bond donors (Lipinski definition) is 2. The van der Waals surface area contributed by atoms with Gasteiger partial charge in [0.25, 0.3) is 5.91 Å². The summed E-state index contributed by atoms with van der Waals surface area (Å²) in [5, 5.41) is 12.9. The van der Waals surface area contributed by atoms with Crippen molar-refractivity contribution in [2.75, 3.05) is 11.9 Å². The topological polar surface area (TPSA) is 75.6 Å². The predicted molar refractivity (Wildman–Crippen MR) is 88.2 cm³/mol. The molecule has 2 aromatic rings. The Morgan fingerprint density at radius 1 is 1.17 bits per heavy atom. The van der Waals surface area contributed by atoms with Gasteiger partial charge < -0.3 is 15.2 Å². The second kappa shape index (κ2) is 7.35. The summed E-state index contributed by atoms with van der Waals surface area (Å²) in [5.41, 5.74) is 1.11. The van der Waals surface area contributed by atoms with Crippen LogP contribution in [0.2, 0.25) is 10.0 Å². The average Bonchev–Trinajstić information content (AvgIpc) is 2.48. The average molecular weight is 354 g/mol. The number of carbonyl (C=O) groups excluding carboxylic acids is 2. The van der Waals surface area contributed by atoms with E-state index in [2.05, 4.69) is 5.32 Å². The number of ether oxygens (including phenoxy) is 1. The summed E-state index contributed by atoms with van der Waals surface area (Å²) in [5.74, 6) is -1.57. The Morgan fingerprint density at radius 3 is 2.61 bits per heavy atom. The molecular formula is C16H13Cl2NO4. The number of rotatable bonds is 4. The van der Waals surface area contributed by atoms with Crippen molar-refractivity contribution in [1.29, 1.82) is 0 Å². The van der Waals surface area contributed by atoms with Crippen molar-refractivity contribution in [3.63, 3.8) is 0 Å². The van der Waals surface area contributed by atoms with Gasteiger partial charge in [0.1, 0.15) is 11.3 Å². The smallest absolute Gasteiger partial charge is 0.342 e. The lowest BCUT2D eigenvalue weighted by Crippen LogP contribution is -2.21. The van der Waals surface area contributed by atoms with Crippen LogP contribution in [-0.4, -0.2) is 23.6 Å². The Kier molecular flexibility index (Phi) is 5.47. The maximum Gasteiger partial charge on any atom is 0.342 e. The number of esters is 1. The van der Waals surface area contributed by atoms with Gasteiger partial charge in [0.15, 0.2) is 6.61 Å². The van der Waals surface area contributed by atoms with Crippen LogP contribution in [0.25, 0.3) is 0 Å². The van der Waals surface area contributed by atoms with Crippen molar-refractivity contribution >= 4 is 40.8 Å². The van der Waals surface area contributed by atoms with E-state index in [9.17, 15) is 14.7 Å². The molecule has 5 nitrogen and oxygen atoms in total. The molecule has 0 fully saturated rings. The van der Waals surface area contributed by atoms with Crippen molar-refractivity contribution in [3.8, 4) is 5.75 Å². The molecule has 0 aliphatic heterocycles. The number of phenols is 1. The minimum atomic E-state index is -0.796. The lowest BCUT2D eigenvalue weighted by molar-refractivity contribution is -0.119. The number of halogens is 2. The highest BCUT2D eigenvalue weighted by Gasteiger charge is 2.15. The van der Waals surface area contributed by atoms with Crippen LogP contribution in [0.3, 0.4) is 0 Å². The van der Waals surface area contributed by atoms with E-state index in [4.69, 9.17) is 27.9 Å². The van der Waals surface area contributed by atoms with E-state index in [1.807, 2.05) is 0 Å². The highest BCUT2D eigenvalue weighted by Crippen LogP contribution is 2.25. The number of benzene rings is 2. The Balaban J connectivity index is 1.96. The molecular weight excluding hydrogens is 341 g/mol. The number of aryl methyl sites for hydroxylation is 1. The molecule has 0 bridgehead atoms.